The molecule has 1 amide bonds. The Hall–Kier alpha value is -1.39. The number of nitrogens with one attached hydrogen (secondary N) is 1. The van der Waals surface area contributed by atoms with Crippen LogP contribution in [0.4, 0.5) is 0 Å². The van der Waals surface area contributed by atoms with Crippen molar-refractivity contribution in [2.75, 3.05) is 6.54 Å². The lowest BCUT2D eigenvalue weighted by atomic mass is 10.1. The Balaban J connectivity index is 2.34. The minimum Gasteiger partial charge on any atom is -0.354 e. The second kappa shape index (κ2) is 5.48. The largest absolute Gasteiger partial charge is 0.354 e. The molecule has 1 unspecified atom stereocenters. The van der Waals surface area contributed by atoms with E-state index in [1.165, 1.54) is 6.33 Å². The number of carbonyl (C=O) groups is 1. The Morgan fingerprint density at radius 3 is 2.73 bits per heavy atom. The van der Waals surface area contributed by atoms with Gasteiger partial charge in [-0.15, -0.1) is 0 Å². The Kier molecular flexibility index (Phi) is 4.27. The summed E-state index contributed by atoms with van der Waals surface area (Å²) in [4.78, 5) is 15.4. The molecule has 0 fully saturated rings. The quantitative estimate of drug-likeness (QED) is 0.788. The zero-order chi connectivity index (χ0) is 11.3. The van der Waals surface area contributed by atoms with E-state index in [9.17, 15) is 4.79 Å². The van der Waals surface area contributed by atoms with Crippen LogP contribution < -0.4 is 5.32 Å². The molecule has 0 aromatic carbocycles. The molecule has 1 N–H and O–H groups in total. The molecule has 84 valence electrons. The monoisotopic (exact) mass is 210 g/mol. The Labute approximate surface area is 89.9 Å². The first-order valence-corrected chi connectivity index (χ1v) is 5.23. The summed E-state index contributed by atoms with van der Waals surface area (Å²) in [6, 6.07) is -0.292. The summed E-state index contributed by atoms with van der Waals surface area (Å²) < 4.78 is 1.55. The molecular weight excluding hydrogens is 192 g/mol. The van der Waals surface area contributed by atoms with Gasteiger partial charge in [-0.05, 0) is 19.3 Å². The van der Waals surface area contributed by atoms with Crippen LogP contribution in [0.3, 0.4) is 0 Å². The molecule has 0 bridgehead atoms. The minimum absolute atomic E-state index is 0.0128. The molecule has 1 heterocycles. The fourth-order valence-electron chi connectivity index (χ4n) is 1.17. The fraction of sp³-hybridized carbons (Fsp3) is 0.700. The topological polar surface area (TPSA) is 59.8 Å². The highest BCUT2D eigenvalue weighted by molar-refractivity contribution is 5.79. The summed E-state index contributed by atoms with van der Waals surface area (Å²) in [5.74, 6) is 0.591. The number of nitrogens with zero attached hydrogens (tertiary/aromatic N) is 3. The molecule has 1 rings (SSSR count). The van der Waals surface area contributed by atoms with Crippen LogP contribution in [-0.2, 0) is 4.79 Å². The molecule has 0 radical (unpaired) electrons. The van der Waals surface area contributed by atoms with Crippen LogP contribution in [0.25, 0.3) is 0 Å². The van der Waals surface area contributed by atoms with Crippen LogP contribution in [-0.4, -0.2) is 27.2 Å². The van der Waals surface area contributed by atoms with Crippen LogP contribution in [0.2, 0.25) is 0 Å². The van der Waals surface area contributed by atoms with Gasteiger partial charge in [-0.3, -0.25) is 4.79 Å². The van der Waals surface area contributed by atoms with Gasteiger partial charge in [0.25, 0.3) is 0 Å². The van der Waals surface area contributed by atoms with Crippen molar-refractivity contribution in [3.63, 3.8) is 0 Å². The van der Waals surface area contributed by atoms with E-state index in [1.54, 1.807) is 17.9 Å². The van der Waals surface area contributed by atoms with Crippen molar-refractivity contribution in [2.45, 2.75) is 33.2 Å². The van der Waals surface area contributed by atoms with E-state index in [4.69, 9.17) is 0 Å². The summed E-state index contributed by atoms with van der Waals surface area (Å²) in [5.41, 5.74) is 0. The molecule has 0 saturated heterocycles. The van der Waals surface area contributed by atoms with Crippen molar-refractivity contribution in [1.29, 1.82) is 0 Å². The van der Waals surface area contributed by atoms with Crippen molar-refractivity contribution in [3.8, 4) is 0 Å². The third-order valence-corrected chi connectivity index (χ3v) is 2.23. The predicted molar refractivity (Wildman–Crippen MR) is 57.2 cm³/mol. The van der Waals surface area contributed by atoms with Gasteiger partial charge >= 0.3 is 0 Å². The summed E-state index contributed by atoms with van der Waals surface area (Å²) in [6.07, 6.45) is 3.97. The number of hydrogen-bond donors (Lipinski definition) is 1. The standard InChI is InChI=1S/C10H18N4O/c1-8(2)4-5-12-10(15)9(3)14-7-11-6-13-14/h6-9H,4-5H2,1-3H3,(H,12,15). The summed E-state index contributed by atoms with van der Waals surface area (Å²) >= 11 is 0. The van der Waals surface area contributed by atoms with Gasteiger partial charge in [0.1, 0.15) is 18.7 Å². The van der Waals surface area contributed by atoms with Crippen molar-refractivity contribution in [3.05, 3.63) is 12.7 Å². The SMILES string of the molecule is CC(C)CCNC(=O)C(C)n1cncn1. The highest BCUT2D eigenvalue weighted by Crippen LogP contribution is 2.02. The Bertz CT molecular complexity index is 294. The van der Waals surface area contributed by atoms with Crippen LogP contribution in [0.5, 0.6) is 0 Å². The first kappa shape index (κ1) is 11.7. The molecule has 0 aliphatic carbocycles. The molecule has 15 heavy (non-hydrogen) atoms. The second-order valence-corrected chi connectivity index (χ2v) is 4.03. The molecule has 1 atom stereocenters. The maximum Gasteiger partial charge on any atom is 0.244 e. The predicted octanol–water partition coefficient (Wildman–Crippen LogP) is 1.00. The second-order valence-electron chi connectivity index (χ2n) is 4.03. The molecule has 5 heteroatoms. The molecule has 1 aromatic rings. The Morgan fingerprint density at radius 1 is 1.47 bits per heavy atom. The lowest BCUT2D eigenvalue weighted by Crippen LogP contribution is -2.32. The van der Waals surface area contributed by atoms with E-state index in [2.05, 4.69) is 29.2 Å². The summed E-state index contributed by atoms with van der Waals surface area (Å²) in [6.45, 7) is 6.79. The average Bonchev–Trinajstić information content (AvgIpc) is 2.68. The van der Waals surface area contributed by atoms with Gasteiger partial charge < -0.3 is 5.32 Å². The van der Waals surface area contributed by atoms with Crippen molar-refractivity contribution < 1.29 is 4.79 Å². The third-order valence-electron chi connectivity index (χ3n) is 2.23. The lowest BCUT2D eigenvalue weighted by Gasteiger charge is -2.12. The van der Waals surface area contributed by atoms with Crippen molar-refractivity contribution >= 4 is 5.91 Å². The number of aromatic nitrogens is 3. The highest BCUT2D eigenvalue weighted by atomic mass is 16.2. The van der Waals surface area contributed by atoms with Gasteiger partial charge in [0.15, 0.2) is 0 Å². The lowest BCUT2D eigenvalue weighted by molar-refractivity contribution is -0.124. The molecule has 0 aliphatic heterocycles. The van der Waals surface area contributed by atoms with E-state index < -0.39 is 0 Å². The number of amides is 1. The van der Waals surface area contributed by atoms with Crippen LogP contribution >= 0.6 is 0 Å². The zero-order valence-electron chi connectivity index (χ0n) is 9.47. The molecule has 0 aliphatic rings. The average molecular weight is 210 g/mol. The molecule has 0 spiro atoms. The van der Waals surface area contributed by atoms with Gasteiger partial charge in [-0.1, -0.05) is 13.8 Å². The van der Waals surface area contributed by atoms with E-state index in [0.717, 1.165) is 13.0 Å². The number of carbonyl (C=O) groups excluding carboxylic acids is 1. The van der Waals surface area contributed by atoms with Gasteiger partial charge in [0, 0.05) is 6.54 Å². The van der Waals surface area contributed by atoms with Gasteiger partial charge in [-0.25, -0.2) is 9.67 Å². The van der Waals surface area contributed by atoms with E-state index in [0.29, 0.717) is 5.92 Å². The van der Waals surface area contributed by atoms with Gasteiger partial charge in [0.05, 0.1) is 0 Å². The van der Waals surface area contributed by atoms with Crippen LogP contribution in [0.1, 0.15) is 33.2 Å². The summed E-state index contributed by atoms with van der Waals surface area (Å²) in [7, 11) is 0. The first-order chi connectivity index (χ1) is 7.11. The third kappa shape index (κ3) is 3.69. The molecular formula is C10H18N4O. The van der Waals surface area contributed by atoms with Crippen molar-refractivity contribution in [1.82, 2.24) is 20.1 Å². The van der Waals surface area contributed by atoms with Crippen LogP contribution in [0.15, 0.2) is 12.7 Å². The summed E-state index contributed by atoms with van der Waals surface area (Å²) in [5, 5.41) is 6.80. The molecule has 5 nitrogen and oxygen atoms in total. The van der Waals surface area contributed by atoms with E-state index in [-0.39, 0.29) is 11.9 Å². The fourth-order valence-corrected chi connectivity index (χ4v) is 1.17. The number of hydrogen-bond acceptors (Lipinski definition) is 3. The van der Waals surface area contributed by atoms with Gasteiger partial charge in [-0.2, -0.15) is 5.10 Å². The van der Waals surface area contributed by atoms with E-state index >= 15 is 0 Å². The molecule has 1 aromatic heterocycles. The normalized spacial score (nSPS) is 12.8. The zero-order valence-corrected chi connectivity index (χ0v) is 9.47. The maximum absolute atomic E-state index is 11.6. The van der Waals surface area contributed by atoms with E-state index in [1.807, 2.05) is 0 Å². The number of rotatable bonds is 5. The molecule has 0 saturated carbocycles. The Morgan fingerprint density at radius 2 is 2.20 bits per heavy atom. The van der Waals surface area contributed by atoms with Crippen LogP contribution in [0, 0.1) is 5.92 Å². The maximum atomic E-state index is 11.6. The van der Waals surface area contributed by atoms with Gasteiger partial charge in [0.2, 0.25) is 5.91 Å². The smallest absolute Gasteiger partial charge is 0.244 e. The first-order valence-electron chi connectivity index (χ1n) is 5.23. The minimum atomic E-state index is -0.292. The van der Waals surface area contributed by atoms with Crippen molar-refractivity contribution in [2.24, 2.45) is 5.92 Å². The highest BCUT2D eigenvalue weighted by Gasteiger charge is 2.14.